The molecule has 17 heavy (non-hydrogen) atoms. The first-order chi connectivity index (χ1) is 8.29. The Kier molecular flexibility index (Phi) is 4.26. The lowest BCUT2D eigenvalue weighted by Crippen LogP contribution is -2.06. The van der Waals surface area contributed by atoms with Crippen LogP contribution in [0.2, 0.25) is 0 Å². The Morgan fingerprint density at radius 1 is 1.29 bits per heavy atom. The maximum absolute atomic E-state index is 5.77. The van der Waals surface area contributed by atoms with Crippen LogP contribution in [0.25, 0.3) is 0 Å². The van der Waals surface area contributed by atoms with Crippen molar-refractivity contribution in [3.63, 3.8) is 0 Å². The monoisotopic (exact) mass is 235 g/mol. The average molecular weight is 235 g/mol. The minimum Gasteiger partial charge on any atom is -0.496 e. The zero-order valence-corrected chi connectivity index (χ0v) is 10.4. The zero-order valence-electron chi connectivity index (χ0n) is 10.4. The third-order valence-electron chi connectivity index (χ3n) is 3.40. The van der Waals surface area contributed by atoms with Crippen LogP contribution < -0.4 is 10.5 Å². The number of nitrogens with two attached hydrogens (primary N) is 1. The van der Waals surface area contributed by atoms with Gasteiger partial charge in [-0.2, -0.15) is 0 Å². The van der Waals surface area contributed by atoms with Crippen LogP contribution in [0.15, 0.2) is 18.2 Å². The lowest BCUT2D eigenvalue weighted by Gasteiger charge is -2.12. The van der Waals surface area contributed by atoms with Crippen molar-refractivity contribution in [3.05, 3.63) is 23.8 Å². The molecule has 0 saturated heterocycles. The summed E-state index contributed by atoms with van der Waals surface area (Å²) in [7, 11) is 1.66. The van der Waals surface area contributed by atoms with Crippen molar-refractivity contribution in [2.75, 3.05) is 19.5 Å². The van der Waals surface area contributed by atoms with Gasteiger partial charge in [0.25, 0.3) is 0 Å². The van der Waals surface area contributed by atoms with Crippen LogP contribution in [0.3, 0.4) is 0 Å². The molecule has 94 valence electrons. The summed E-state index contributed by atoms with van der Waals surface area (Å²) in [6, 6.07) is 5.70. The molecule has 1 aliphatic carbocycles. The van der Waals surface area contributed by atoms with E-state index in [4.69, 9.17) is 15.2 Å². The van der Waals surface area contributed by atoms with Crippen LogP contribution in [0.5, 0.6) is 5.75 Å². The third-order valence-corrected chi connectivity index (χ3v) is 3.40. The molecule has 0 aromatic heterocycles. The molecule has 1 aromatic rings. The zero-order chi connectivity index (χ0) is 12.1. The van der Waals surface area contributed by atoms with E-state index in [1.54, 1.807) is 7.11 Å². The molecule has 2 N–H and O–H groups in total. The molecule has 3 nitrogen and oxygen atoms in total. The molecule has 1 fully saturated rings. The second-order valence-corrected chi connectivity index (χ2v) is 4.74. The molecule has 1 saturated carbocycles. The minimum absolute atomic E-state index is 0.611. The summed E-state index contributed by atoms with van der Waals surface area (Å²) in [5.74, 6) is 1.58. The molecule has 1 aliphatic rings. The molecule has 0 heterocycles. The number of hydrogen-bond donors (Lipinski definition) is 1. The van der Waals surface area contributed by atoms with Gasteiger partial charge < -0.3 is 15.2 Å². The molecule has 0 unspecified atom stereocenters. The fourth-order valence-electron chi connectivity index (χ4n) is 2.39. The van der Waals surface area contributed by atoms with E-state index >= 15 is 0 Å². The molecular formula is C14H21NO2. The highest BCUT2D eigenvalue weighted by atomic mass is 16.5. The molecule has 1 aromatic carbocycles. The van der Waals surface area contributed by atoms with E-state index in [2.05, 4.69) is 0 Å². The predicted molar refractivity (Wildman–Crippen MR) is 69.0 cm³/mol. The smallest absolute Gasteiger partial charge is 0.126 e. The van der Waals surface area contributed by atoms with E-state index in [0.717, 1.165) is 29.5 Å². The Morgan fingerprint density at radius 2 is 2.06 bits per heavy atom. The fourth-order valence-corrected chi connectivity index (χ4v) is 2.39. The van der Waals surface area contributed by atoms with Crippen molar-refractivity contribution in [2.24, 2.45) is 5.92 Å². The Hall–Kier alpha value is -1.22. The van der Waals surface area contributed by atoms with E-state index in [1.165, 1.54) is 25.7 Å². The molecule has 3 heteroatoms. The molecule has 0 aliphatic heterocycles. The number of anilines is 1. The number of methoxy groups -OCH3 is 1. The molecule has 0 spiro atoms. The molecule has 2 rings (SSSR count). The second kappa shape index (κ2) is 5.92. The molecule has 0 radical (unpaired) electrons. The van der Waals surface area contributed by atoms with Crippen LogP contribution >= 0.6 is 0 Å². The number of hydrogen-bond acceptors (Lipinski definition) is 3. The third kappa shape index (κ3) is 3.37. The van der Waals surface area contributed by atoms with Crippen molar-refractivity contribution in [3.8, 4) is 5.75 Å². The van der Waals surface area contributed by atoms with Crippen molar-refractivity contribution < 1.29 is 9.47 Å². The summed E-state index contributed by atoms with van der Waals surface area (Å²) >= 11 is 0. The number of nitrogen functional groups attached to an aromatic ring is 1. The van der Waals surface area contributed by atoms with Gasteiger partial charge in [0, 0.05) is 23.9 Å². The normalized spacial score (nSPS) is 16.3. The number of ether oxygens (including phenoxy) is 2. The van der Waals surface area contributed by atoms with Crippen molar-refractivity contribution >= 4 is 5.69 Å². The quantitative estimate of drug-likeness (QED) is 0.798. The second-order valence-electron chi connectivity index (χ2n) is 4.74. The van der Waals surface area contributed by atoms with Crippen molar-refractivity contribution in [2.45, 2.75) is 32.3 Å². The largest absolute Gasteiger partial charge is 0.496 e. The summed E-state index contributed by atoms with van der Waals surface area (Å²) in [5, 5.41) is 0. The number of benzene rings is 1. The number of rotatable bonds is 5. The standard InChI is InChI=1S/C14H21NO2/c1-16-14-8-13(15)7-6-12(14)10-17-9-11-4-2-3-5-11/h6-8,11H,2-5,9-10,15H2,1H3. The van der Waals surface area contributed by atoms with Gasteiger partial charge in [-0.1, -0.05) is 18.9 Å². The maximum Gasteiger partial charge on any atom is 0.126 e. The van der Waals surface area contributed by atoms with Gasteiger partial charge in [-0.15, -0.1) is 0 Å². The van der Waals surface area contributed by atoms with E-state index in [1.807, 2.05) is 18.2 Å². The van der Waals surface area contributed by atoms with Crippen molar-refractivity contribution in [1.82, 2.24) is 0 Å². The van der Waals surface area contributed by atoms with Crippen LogP contribution in [-0.2, 0) is 11.3 Å². The topological polar surface area (TPSA) is 44.5 Å². The van der Waals surface area contributed by atoms with Gasteiger partial charge >= 0.3 is 0 Å². The van der Waals surface area contributed by atoms with E-state index in [9.17, 15) is 0 Å². The van der Waals surface area contributed by atoms with Crippen LogP contribution in [0.1, 0.15) is 31.2 Å². The maximum atomic E-state index is 5.77. The van der Waals surface area contributed by atoms with Gasteiger partial charge in [-0.05, 0) is 24.8 Å². The Balaban J connectivity index is 1.85. The van der Waals surface area contributed by atoms with Crippen LogP contribution in [-0.4, -0.2) is 13.7 Å². The van der Waals surface area contributed by atoms with Gasteiger partial charge in [0.2, 0.25) is 0 Å². The van der Waals surface area contributed by atoms with E-state index in [0.29, 0.717) is 6.61 Å². The average Bonchev–Trinajstić information content (AvgIpc) is 2.84. The molecule has 0 bridgehead atoms. The first kappa shape index (κ1) is 12.2. The van der Waals surface area contributed by atoms with Gasteiger partial charge in [0.1, 0.15) is 5.75 Å². The highest BCUT2D eigenvalue weighted by molar-refractivity contribution is 5.48. The first-order valence-corrected chi connectivity index (χ1v) is 6.29. The highest BCUT2D eigenvalue weighted by Crippen LogP contribution is 2.26. The first-order valence-electron chi connectivity index (χ1n) is 6.29. The fraction of sp³-hybridized carbons (Fsp3) is 0.571. The molecule has 0 atom stereocenters. The van der Waals surface area contributed by atoms with Gasteiger partial charge in [-0.25, -0.2) is 0 Å². The summed E-state index contributed by atoms with van der Waals surface area (Å²) in [6.07, 6.45) is 5.36. The summed E-state index contributed by atoms with van der Waals surface area (Å²) in [4.78, 5) is 0. The van der Waals surface area contributed by atoms with E-state index in [-0.39, 0.29) is 0 Å². The Bertz CT molecular complexity index is 359. The lowest BCUT2D eigenvalue weighted by molar-refractivity contribution is 0.0875. The van der Waals surface area contributed by atoms with E-state index < -0.39 is 0 Å². The highest BCUT2D eigenvalue weighted by Gasteiger charge is 2.15. The lowest BCUT2D eigenvalue weighted by atomic mass is 10.1. The predicted octanol–water partition coefficient (Wildman–Crippen LogP) is 2.98. The van der Waals surface area contributed by atoms with Crippen molar-refractivity contribution in [1.29, 1.82) is 0 Å². The van der Waals surface area contributed by atoms with Crippen LogP contribution in [0, 0.1) is 5.92 Å². The van der Waals surface area contributed by atoms with Gasteiger partial charge in [0.05, 0.1) is 13.7 Å². The minimum atomic E-state index is 0.611. The molecule has 0 amide bonds. The van der Waals surface area contributed by atoms with Gasteiger partial charge in [-0.3, -0.25) is 0 Å². The SMILES string of the molecule is COc1cc(N)ccc1COCC1CCCC1. The summed E-state index contributed by atoms with van der Waals surface area (Å²) in [6.45, 7) is 1.48. The van der Waals surface area contributed by atoms with Gasteiger partial charge in [0.15, 0.2) is 0 Å². The Morgan fingerprint density at radius 3 is 2.76 bits per heavy atom. The van der Waals surface area contributed by atoms with Crippen LogP contribution in [0.4, 0.5) is 5.69 Å². The summed E-state index contributed by atoms with van der Waals surface area (Å²) in [5.41, 5.74) is 7.50. The Labute approximate surface area is 103 Å². The summed E-state index contributed by atoms with van der Waals surface area (Å²) < 4.78 is 11.1. The molecular weight excluding hydrogens is 214 g/mol.